The Morgan fingerprint density at radius 3 is 2.48 bits per heavy atom. The first kappa shape index (κ1) is 21.6. The van der Waals surface area contributed by atoms with Crippen molar-refractivity contribution in [3.63, 3.8) is 0 Å². The van der Waals surface area contributed by atoms with E-state index in [-0.39, 0.29) is 6.04 Å². The average molecular weight is 443 g/mol. The molecule has 1 unspecified atom stereocenters. The molecule has 3 aromatic rings. The normalized spacial score (nSPS) is 16.3. The molecule has 1 aliphatic rings. The van der Waals surface area contributed by atoms with Crippen molar-refractivity contribution in [2.24, 2.45) is 0 Å². The van der Waals surface area contributed by atoms with Crippen LogP contribution >= 0.6 is 11.6 Å². The minimum Gasteiger partial charge on any atom is -0.493 e. The third-order valence-corrected chi connectivity index (χ3v) is 6.12. The van der Waals surface area contributed by atoms with Crippen LogP contribution in [0.4, 0.5) is 0 Å². The second-order valence-electron chi connectivity index (χ2n) is 7.59. The van der Waals surface area contributed by atoms with E-state index in [0.717, 1.165) is 36.8 Å². The highest BCUT2D eigenvalue weighted by atomic mass is 35.5. The van der Waals surface area contributed by atoms with E-state index >= 15 is 0 Å². The molecule has 31 heavy (non-hydrogen) atoms. The molecule has 2 heterocycles. The van der Waals surface area contributed by atoms with Gasteiger partial charge in [-0.25, -0.2) is 0 Å². The zero-order chi connectivity index (χ0) is 21.8. The maximum Gasteiger partial charge on any atom is 0.241 e. The van der Waals surface area contributed by atoms with Crippen LogP contribution in [0.2, 0.25) is 5.02 Å². The van der Waals surface area contributed by atoms with E-state index in [1.807, 2.05) is 36.4 Å². The maximum atomic E-state index is 6.38. The van der Waals surface area contributed by atoms with Gasteiger partial charge in [0.25, 0.3) is 0 Å². The summed E-state index contributed by atoms with van der Waals surface area (Å²) in [4.78, 5) is 9.37. The molecule has 8 heteroatoms. The number of benzene rings is 2. The summed E-state index contributed by atoms with van der Waals surface area (Å²) < 4.78 is 16.2. The van der Waals surface area contributed by atoms with Crippen LogP contribution in [-0.4, -0.2) is 60.3 Å². The Balaban J connectivity index is 1.36. The van der Waals surface area contributed by atoms with Gasteiger partial charge in [0, 0.05) is 42.8 Å². The largest absolute Gasteiger partial charge is 0.493 e. The van der Waals surface area contributed by atoms with E-state index in [2.05, 4.69) is 32.9 Å². The number of rotatable bonds is 7. The van der Waals surface area contributed by atoms with Gasteiger partial charge in [-0.05, 0) is 36.8 Å². The van der Waals surface area contributed by atoms with Crippen LogP contribution in [0.25, 0.3) is 11.4 Å². The van der Waals surface area contributed by atoms with Crippen LogP contribution in [0.5, 0.6) is 11.5 Å². The van der Waals surface area contributed by atoms with Gasteiger partial charge in [0.2, 0.25) is 11.7 Å². The molecule has 0 bridgehead atoms. The van der Waals surface area contributed by atoms with E-state index in [1.165, 1.54) is 5.56 Å². The van der Waals surface area contributed by atoms with Gasteiger partial charge in [-0.2, -0.15) is 4.98 Å². The van der Waals surface area contributed by atoms with Crippen LogP contribution < -0.4 is 9.47 Å². The highest BCUT2D eigenvalue weighted by molar-refractivity contribution is 6.31. The van der Waals surface area contributed by atoms with Gasteiger partial charge < -0.3 is 14.0 Å². The van der Waals surface area contributed by atoms with Crippen LogP contribution in [0.15, 0.2) is 47.0 Å². The number of halogens is 1. The third kappa shape index (κ3) is 4.84. The lowest BCUT2D eigenvalue weighted by atomic mass is 10.1. The van der Waals surface area contributed by atoms with Gasteiger partial charge in [-0.1, -0.05) is 35.0 Å². The number of aromatic nitrogens is 2. The second kappa shape index (κ2) is 9.68. The van der Waals surface area contributed by atoms with Crippen molar-refractivity contribution >= 4 is 11.6 Å². The van der Waals surface area contributed by atoms with E-state index in [1.54, 1.807) is 14.2 Å². The number of piperazine rings is 1. The zero-order valence-electron chi connectivity index (χ0n) is 18.0. The summed E-state index contributed by atoms with van der Waals surface area (Å²) >= 11 is 6.38. The summed E-state index contributed by atoms with van der Waals surface area (Å²) in [5.41, 5.74) is 2.00. The highest BCUT2D eigenvalue weighted by Crippen LogP contribution is 2.31. The summed E-state index contributed by atoms with van der Waals surface area (Å²) in [6, 6.07) is 13.9. The predicted octanol–water partition coefficient (Wildman–Crippen LogP) is 4.29. The quantitative estimate of drug-likeness (QED) is 0.540. The molecule has 1 aromatic heterocycles. The molecule has 0 N–H and O–H groups in total. The van der Waals surface area contributed by atoms with Gasteiger partial charge in [-0.3, -0.25) is 9.80 Å². The smallest absolute Gasteiger partial charge is 0.241 e. The van der Waals surface area contributed by atoms with Crippen LogP contribution in [0.3, 0.4) is 0 Å². The van der Waals surface area contributed by atoms with Crippen molar-refractivity contribution in [2.75, 3.05) is 40.4 Å². The van der Waals surface area contributed by atoms with Gasteiger partial charge >= 0.3 is 0 Å². The molecule has 1 aliphatic heterocycles. The van der Waals surface area contributed by atoms with Crippen LogP contribution in [0.1, 0.15) is 24.4 Å². The third-order valence-electron chi connectivity index (χ3n) is 5.78. The van der Waals surface area contributed by atoms with Crippen LogP contribution in [-0.2, 0) is 6.54 Å². The van der Waals surface area contributed by atoms with Gasteiger partial charge in [0.1, 0.15) is 0 Å². The number of hydrogen-bond donors (Lipinski definition) is 0. The molecule has 0 saturated carbocycles. The molecule has 7 nitrogen and oxygen atoms in total. The fourth-order valence-corrected chi connectivity index (χ4v) is 4.22. The molecule has 4 rings (SSSR count). The second-order valence-corrected chi connectivity index (χ2v) is 8.00. The average Bonchev–Trinajstić information content (AvgIpc) is 3.27. The van der Waals surface area contributed by atoms with E-state index in [9.17, 15) is 0 Å². The van der Waals surface area contributed by atoms with Crippen LogP contribution in [0, 0.1) is 0 Å². The molecular formula is C23H27ClN4O3. The Bertz CT molecular complexity index is 1020. The first-order chi connectivity index (χ1) is 15.1. The van der Waals surface area contributed by atoms with Gasteiger partial charge in [-0.15, -0.1) is 0 Å². The predicted molar refractivity (Wildman–Crippen MR) is 120 cm³/mol. The molecule has 0 amide bonds. The van der Waals surface area contributed by atoms with Crippen molar-refractivity contribution in [1.29, 1.82) is 0 Å². The summed E-state index contributed by atoms with van der Waals surface area (Å²) in [7, 11) is 3.22. The standard InChI is InChI=1S/C23H27ClN4O3/c1-16(18-6-4-5-7-19(18)24)28-12-10-27(11-13-28)15-22-25-23(26-31-22)17-8-9-20(29-2)21(14-17)30-3/h4-9,14,16H,10-13,15H2,1-3H3. The van der Waals surface area contributed by atoms with E-state index in [0.29, 0.717) is 29.8 Å². The summed E-state index contributed by atoms with van der Waals surface area (Å²) in [5, 5.41) is 4.97. The Morgan fingerprint density at radius 2 is 1.77 bits per heavy atom. The molecule has 0 spiro atoms. The van der Waals surface area contributed by atoms with Gasteiger partial charge in [0.15, 0.2) is 11.5 Å². The van der Waals surface area contributed by atoms with Gasteiger partial charge in [0.05, 0.1) is 20.8 Å². The molecule has 164 valence electrons. The monoisotopic (exact) mass is 442 g/mol. The summed E-state index contributed by atoms with van der Waals surface area (Å²) in [6.45, 7) is 6.64. The van der Waals surface area contributed by atoms with Crippen molar-refractivity contribution < 1.29 is 14.0 Å². The SMILES string of the molecule is COc1ccc(-c2noc(CN3CCN(C(C)c4ccccc4Cl)CC3)n2)cc1OC. The minimum absolute atomic E-state index is 0.288. The first-order valence-corrected chi connectivity index (χ1v) is 10.7. The lowest BCUT2D eigenvalue weighted by Gasteiger charge is -2.37. The summed E-state index contributed by atoms with van der Waals surface area (Å²) in [5.74, 6) is 2.45. The fourth-order valence-electron chi connectivity index (χ4n) is 3.92. The van der Waals surface area contributed by atoms with Crippen molar-refractivity contribution in [2.45, 2.75) is 19.5 Å². The fraction of sp³-hybridized carbons (Fsp3) is 0.391. The molecule has 0 radical (unpaired) electrons. The molecule has 1 atom stereocenters. The Labute approximate surface area is 187 Å². The molecule has 1 fully saturated rings. The highest BCUT2D eigenvalue weighted by Gasteiger charge is 2.24. The summed E-state index contributed by atoms with van der Waals surface area (Å²) in [6.07, 6.45) is 0. The minimum atomic E-state index is 0.288. The lowest BCUT2D eigenvalue weighted by Crippen LogP contribution is -2.46. The molecule has 1 saturated heterocycles. The van der Waals surface area contributed by atoms with Crippen molar-refractivity contribution in [3.05, 3.63) is 58.9 Å². The number of ether oxygens (including phenoxy) is 2. The maximum absolute atomic E-state index is 6.38. The molecule has 0 aliphatic carbocycles. The molecular weight excluding hydrogens is 416 g/mol. The van der Waals surface area contributed by atoms with E-state index in [4.69, 9.17) is 25.6 Å². The Hall–Kier alpha value is -2.61. The number of methoxy groups -OCH3 is 2. The number of hydrogen-bond acceptors (Lipinski definition) is 7. The van der Waals surface area contributed by atoms with E-state index < -0.39 is 0 Å². The first-order valence-electron chi connectivity index (χ1n) is 10.3. The Morgan fingerprint density at radius 1 is 1.03 bits per heavy atom. The zero-order valence-corrected chi connectivity index (χ0v) is 18.8. The molecule has 2 aromatic carbocycles. The number of nitrogens with zero attached hydrogens (tertiary/aromatic N) is 4. The van der Waals surface area contributed by atoms with Crippen molar-refractivity contribution in [3.8, 4) is 22.9 Å². The van der Waals surface area contributed by atoms with Crippen molar-refractivity contribution in [1.82, 2.24) is 19.9 Å². The Kier molecular flexibility index (Phi) is 6.75. The lowest BCUT2D eigenvalue weighted by molar-refractivity contribution is 0.0905. The topological polar surface area (TPSA) is 63.9 Å².